The van der Waals surface area contributed by atoms with Crippen LogP contribution in [0, 0.1) is 0 Å². The number of ether oxygens (including phenoxy) is 2. The van der Waals surface area contributed by atoms with E-state index >= 15 is 0 Å². The van der Waals surface area contributed by atoms with Crippen molar-refractivity contribution in [1.82, 2.24) is 4.90 Å². The molecule has 2 aliphatic heterocycles. The molecule has 0 aromatic rings. The van der Waals surface area contributed by atoms with Crippen molar-refractivity contribution in [3.8, 4) is 0 Å². The molecule has 2 bridgehead atoms. The average Bonchev–Trinajstić information content (AvgIpc) is 2.74. The van der Waals surface area contributed by atoms with Crippen LogP contribution in [-0.2, 0) is 19.1 Å². The van der Waals surface area contributed by atoms with Gasteiger partial charge in [-0.05, 0) is 19.3 Å². The molecule has 0 saturated carbocycles. The Kier molecular flexibility index (Phi) is 3.76. The number of imide groups is 1. The van der Waals surface area contributed by atoms with Gasteiger partial charge in [-0.3, -0.25) is 14.5 Å². The molecular weight excluding hydrogens is 226 g/mol. The van der Waals surface area contributed by atoms with Crippen molar-refractivity contribution >= 4 is 11.8 Å². The Balaban J connectivity index is 2.16. The Hall–Kier alpha value is -0.980. The van der Waals surface area contributed by atoms with E-state index < -0.39 is 18.2 Å². The second-order valence-corrected chi connectivity index (χ2v) is 4.36. The second-order valence-electron chi connectivity index (χ2n) is 4.36. The lowest BCUT2D eigenvalue weighted by molar-refractivity contribution is -0.173. The number of methoxy groups -OCH3 is 1. The van der Waals surface area contributed by atoms with Gasteiger partial charge in [-0.1, -0.05) is 0 Å². The summed E-state index contributed by atoms with van der Waals surface area (Å²) in [7, 11) is 1.51. The summed E-state index contributed by atoms with van der Waals surface area (Å²) in [6, 6.07) is -0.392. The largest absolute Gasteiger partial charge is 0.396 e. The average molecular weight is 243 g/mol. The number of hydrogen-bond acceptors (Lipinski definition) is 5. The summed E-state index contributed by atoms with van der Waals surface area (Å²) in [4.78, 5) is 25.3. The van der Waals surface area contributed by atoms with E-state index in [1.807, 2.05) is 0 Å². The van der Waals surface area contributed by atoms with Gasteiger partial charge in [0, 0.05) is 13.7 Å². The van der Waals surface area contributed by atoms with E-state index in [0.29, 0.717) is 19.3 Å². The molecule has 2 heterocycles. The fraction of sp³-hybridized carbons (Fsp3) is 0.818. The minimum atomic E-state index is -0.490. The Bertz CT molecular complexity index is 291. The van der Waals surface area contributed by atoms with Crippen LogP contribution in [0.4, 0.5) is 0 Å². The molecule has 0 radical (unpaired) electrons. The Morgan fingerprint density at radius 1 is 1.41 bits per heavy atom. The fourth-order valence-electron chi connectivity index (χ4n) is 2.41. The van der Waals surface area contributed by atoms with Gasteiger partial charge < -0.3 is 14.6 Å². The molecule has 0 aromatic carbocycles. The van der Waals surface area contributed by atoms with E-state index in [4.69, 9.17) is 14.6 Å². The second kappa shape index (κ2) is 5.12. The van der Waals surface area contributed by atoms with Gasteiger partial charge in [-0.2, -0.15) is 0 Å². The molecule has 6 heteroatoms. The first-order valence-electron chi connectivity index (χ1n) is 5.81. The van der Waals surface area contributed by atoms with Crippen molar-refractivity contribution in [2.24, 2.45) is 0 Å². The van der Waals surface area contributed by atoms with Crippen molar-refractivity contribution in [3.05, 3.63) is 0 Å². The summed E-state index contributed by atoms with van der Waals surface area (Å²) in [6.45, 7) is 0.165. The first-order chi connectivity index (χ1) is 8.19. The molecule has 2 fully saturated rings. The van der Waals surface area contributed by atoms with Gasteiger partial charge in [0.15, 0.2) is 0 Å². The van der Waals surface area contributed by atoms with Crippen LogP contribution in [0.1, 0.15) is 19.3 Å². The first-order valence-corrected chi connectivity index (χ1v) is 5.81. The van der Waals surface area contributed by atoms with Gasteiger partial charge >= 0.3 is 0 Å². The van der Waals surface area contributed by atoms with Crippen LogP contribution < -0.4 is 0 Å². The lowest BCUT2D eigenvalue weighted by Crippen LogP contribution is -2.57. The highest BCUT2D eigenvalue weighted by Gasteiger charge is 2.48. The van der Waals surface area contributed by atoms with Crippen LogP contribution in [0.3, 0.4) is 0 Å². The fourth-order valence-corrected chi connectivity index (χ4v) is 2.41. The highest BCUT2D eigenvalue weighted by atomic mass is 16.5. The number of nitrogens with zero attached hydrogens (tertiary/aromatic N) is 1. The maximum Gasteiger partial charge on any atom is 0.258 e. The number of rotatable bonds is 5. The summed E-state index contributed by atoms with van der Waals surface area (Å²) in [6.07, 6.45) is 0.561. The topological polar surface area (TPSA) is 76.1 Å². The summed E-state index contributed by atoms with van der Waals surface area (Å²) < 4.78 is 10.3. The van der Waals surface area contributed by atoms with E-state index in [-0.39, 0.29) is 25.0 Å². The van der Waals surface area contributed by atoms with Crippen LogP contribution in [0.15, 0.2) is 0 Å². The summed E-state index contributed by atoms with van der Waals surface area (Å²) in [5.41, 5.74) is 0. The molecule has 96 valence electrons. The molecule has 0 aliphatic carbocycles. The maximum absolute atomic E-state index is 12.0. The van der Waals surface area contributed by atoms with Crippen molar-refractivity contribution < 1.29 is 24.2 Å². The van der Waals surface area contributed by atoms with E-state index in [0.717, 1.165) is 0 Å². The third kappa shape index (κ3) is 2.20. The van der Waals surface area contributed by atoms with Gasteiger partial charge in [0.2, 0.25) is 0 Å². The predicted molar refractivity (Wildman–Crippen MR) is 57.1 cm³/mol. The first kappa shape index (κ1) is 12.5. The minimum Gasteiger partial charge on any atom is -0.396 e. The highest BCUT2D eigenvalue weighted by Crippen LogP contribution is 2.30. The Morgan fingerprint density at radius 2 is 2.00 bits per heavy atom. The molecule has 2 saturated heterocycles. The number of hydrogen-bond donors (Lipinski definition) is 1. The lowest BCUT2D eigenvalue weighted by Gasteiger charge is -2.35. The van der Waals surface area contributed by atoms with Gasteiger partial charge in [0.1, 0.15) is 12.2 Å². The van der Waals surface area contributed by atoms with Gasteiger partial charge in [0.25, 0.3) is 11.8 Å². The van der Waals surface area contributed by atoms with E-state index in [9.17, 15) is 9.59 Å². The molecule has 2 aliphatic rings. The molecule has 2 rings (SSSR count). The third-order valence-electron chi connectivity index (χ3n) is 3.23. The quantitative estimate of drug-likeness (QED) is 0.646. The van der Waals surface area contributed by atoms with Crippen LogP contribution in [0.2, 0.25) is 0 Å². The number of amides is 2. The Morgan fingerprint density at radius 3 is 2.47 bits per heavy atom. The molecule has 17 heavy (non-hydrogen) atoms. The van der Waals surface area contributed by atoms with E-state index in [2.05, 4.69) is 0 Å². The smallest absolute Gasteiger partial charge is 0.258 e. The van der Waals surface area contributed by atoms with Crippen LogP contribution >= 0.6 is 0 Å². The third-order valence-corrected chi connectivity index (χ3v) is 3.23. The van der Waals surface area contributed by atoms with Crippen molar-refractivity contribution in [1.29, 1.82) is 0 Å². The number of aliphatic hydroxyl groups is 1. The number of carbonyl (C=O) groups is 2. The Labute approximate surface area is 99.5 Å². The molecule has 3 atom stereocenters. The van der Waals surface area contributed by atoms with Crippen LogP contribution in [-0.4, -0.2) is 60.4 Å². The van der Waals surface area contributed by atoms with E-state index in [1.165, 1.54) is 12.0 Å². The van der Waals surface area contributed by atoms with Crippen LogP contribution in [0.25, 0.3) is 0 Å². The minimum absolute atomic E-state index is 0.0821. The predicted octanol–water partition coefficient (Wildman–Crippen LogP) is -0.700. The number of carbonyl (C=O) groups excluding carboxylic acids is 2. The van der Waals surface area contributed by atoms with Crippen molar-refractivity contribution in [3.63, 3.8) is 0 Å². The number of fused-ring (bicyclic) bond motifs is 2. The zero-order valence-corrected chi connectivity index (χ0v) is 9.80. The normalized spacial score (nSPS) is 29.9. The van der Waals surface area contributed by atoms with E-state index in [1.54, 1.807) is 0 Å². The molecule has 6 nitrogen and oxygen atoms in total. The zero-order valence-electron chi connectivity index (χ0n) is 9.80. The molecular formula is C11H17NO5. The number of aliphatic hydroxyl groups excluding tert-OH is 1. The highest BCUT2D eigenvalue weighted by molar-refractivity contribution is 6.02. The lowest BCUT2D eigenvalue weighted by atomic mass is 10.1. The molecule has 3 unspecified atom stereocenters. The summed E-state index contributed by atoms with van der Waals surface area (Å²) in [5.74, 6) is -0.585. The number of likely N-dealkylation sites (tertiary alicyclic amines) is 1. The van der Waals surface area contributed by atoms with Gasteiger partial charge in [0.05, 0.1) is 12.6 Å². The zero-order chi connectivity index (χ0) is 12.4. The summed E-state index contributed by atoms with van der Waals surface area (Å²) >= 11 is 0. The SMILES string of the molecule is COCC(CCO)N1C(=O)C2CCC(O2)C1=O. The molecule has 2 amide bonds. The summed E-state index contributed by atoms with van der Waals surface area (Å²) in [5, 5.41) is 8.98. The van der Waals surface area contributed by atoms with Crippen molar-refractivity contribution in [2.45, 2.75) is 37.5 Å². The standard InChI is InChI=1S/C11H17NO5/c1-16-6-7(4-5-13)12-10(14)8-2-3-9(17-8)11(12)15/h7-9,13H,2-6H2,1H3. The monoisotopic (exact) mass is 243 g/mol. The van der Waals surface area contributed by atoms with Gasteiger partial charge in [-0.25, -0.2) is 0 Å². The van der Waals surface area contributed by atoms with Gasteiger partial charge in [-0.15, -0.1) is 0 Å². The maximum atomic E-state index is 12.0. The van der Waals surface area contributed by atoms with Crippen LogP contribution in [0.5, 0.6) is 0 Å². The molecule has 0 spiro atoms. The van der Waals surface area contributed by atoms with Crippen molar-refractivity contribution in [2.75, 3.05) is 20.3 Å². The molecule has 0 aromatic heterocycles. The molecule has 1 N–H and O–H groups in total. The number of morpholine rings is 1.